The molecule has 0 aliphatic carbocycles. The standard InChI is InChI=1S/C9H15N3O2S/c13-8(12-2-1-11-9(12)14)6-15-5-7-3-10-4-7/h7,10H,1-6H2,(H,11,14). The normalized spacial score (nSPS) is 21.3. The maximum Gasteiger partial charge on any atom is 0.324 e. The molecule has 2 N–H and O–H groups in total. The van der Waals surface area contributed by atoms with Gasteiger partial charge < -0.3 is 10.6 Å². The van der Waals surface area contributed by atoms with Crippen LogP contribution in [-0.4, -0.2) is 54.5 Å². The summed E-state index contributed by atoms with van der Waals surface area (Å²) in [5.74, 6) is 2.07. The lowest BCUT2D eigenvalue weighted by Gasteiger charge is -2.26. The van der Waals surface area contributed by atoms with Crippen LogP contribution >= 0.6 is 11.8 Å². The first-order chi connectivity index (χ1) is 7.27. The Morgan fingerprint density at radius 2 is 2.33 bits per heavy atom. The predicted molar refractivity (Wildman–Crippen MR) is 58.8 cm³/mol. The number of hydrogen-bond donors (Lipinski definition) is 2. The van der Waals surface area contributed by atoms with Gasteiger partial charge in [-0.2, -0.15) is 11.8 Å². The second-order valence-corrected chi connectivity index (χ2v) is 4.85. The summed E-state index contributed by atoms with van der Waals surface area (Å²) >= 11 is 1.62. The highest BCUT2D eigenvalue weighted by Gasteiger charge is 2.26. The molecule has 0 aromatic rings. The third kappa shape index (κ3) is 2.63. The summed E-state index contributed by atoms with van der Waals surface area (Å²) in [6.45, 7) is 3.22. The Morgan fingerprint density at radius 3 is 2.87 bits per heavy atom. The first kappa shape index (κ1) is 10.8. The fourth-order valence-corrected chi connectivity index (χ4v) is 2.58. The minimum Gasteiger partial charge on any atom is -0.336 e. The van der Waals surface area contributed by atoms with Gasteiger partial charge in [-0.25, -0.2) is 4.79 Å². The van der Waals surface area contributed by atoms with Crippen molar-refractivity contribution < 1.29 is 9.59 Å². The van der Waals surface area contributed by atoms with Crippen molar-refractivity contribution in [1.29, 1.82) is 0 Å². The molecular formula is C9H15N3O2S. The molecule has 0 atom stereocenters. The second kappa shape index (κ2) is 4.85. The number of carbonyl (C=O) groups is 2. The lowest BCUT2D eigenvalue weighted by atomic mass is 10.1. The molecule has 15 heavy (non-hydrogen) atoms. The monoisotopic (exact) mass is 229 g/mol. The molecule has 2 heterocycles. The summed E-state index contributed by atoms with van der Waals surface area (Å²) in [5, 5.41) is 5.81. The van der Waals surface area contributed by atoms with E-state index < -0.39 is 0 Å². The second-order valence-electron chi connectivity index (χ2n) is 3.82. The molecule has 2 fully saturated rings. The fourth-order valence-electron chi connectivity index (χ4n) is 1.57. The van der Waals surface area contributed by atoms with Gasteiger partial charge in [0, 0.05) is 13.1 Å². The molecule has 6 heteroatoms. The van der Waals surface area contributed by atoms with Crippen molar-refractivity contribution >= 4 is 23.7 Å². The van der Waals surface area contributed by atoms with Gasteiger partial charge in [0.15, 0.2) is 0 Å². The molecule has 2 aliphatic heterocycles. The topological polar surface area (TPSA) is 61.4 Å². The predicted octanol–water partition coefficient (Wildman–Crippen LogP) is -0.509. The highest BCUT2D eigenvalue weighted by atomic mass is 32.2. The molecule has 5 nitrogen and oxygen atoms in total. The number of rotatable bonds is 4. The van der Waals surface area contributed by atoms with Crippen LogP contribution in [0.3, 0.4) is 0 Å². The molecule has 2 saturated heterocycles. The largest absolute Gasteiger partial charge is 0.336 e. The molecule has 0 aromatic heterocycles. The summed E-state index contributed by atoms with van der Waals surface area (Å²) in [6.07, 6.45) is 0. The molecule has 0 aromatic carbocycles. The van der Waals surface area contributed by atoms with Gasteiger partial charge in [-0.1, -0.05) is 0 Å². The van der Waals surface area contributed by atoms with Crippen molar-refractivity contribution in [2.75, 3.05) is 37.7 Å². The minimum absolute atomic E-state index is 0.0673. The zero-order chi connectivity index (χ0) is 10.7. The number of thioether (sulfide) groups is 1. The van der Waals surface area contributed by atoms with Crippen molar-refractivity contribution in [2.45, 2.75) is 0 Å². The van der Waals surface area contributed by atoms with Gasteiger partial charge in [-0.3, -0.25) is 9.69 Å². The Kier molecular flexibility index (Phi) is 3.48. The molecule has 84 valence electrons. The molecular weight excluding hydrogens is 214 g/mol. The van der Waals surface area contributed by atoms with E-state index in [9.17, 15) is 9.59 Å². The van der Waals surface area contributed by atoms with Crippen LogP contribution < -0.4 is 10.6 Å². The van der Waals surface area contributed by atoms with E-state index in [1.807, 2.05) is 0 Å². The van der Waals surface area contributed by atoms with Gasteiger partial charge in [0.2, 0.25) is 5.91 Å². The number of hydrogen-bond acceptors (Lipinski definition) is 4. The van der Waals surface area contributed by atoms with Crippen molar-refractivity contribution in [3.63, 3.8) is 0 Å². The number of urea groups is 1. The van der Waals surface area contributed by atoms with Gasteiger partial charge in [0.05, 0.1) is 5.75 Å². The van der Waals surface area contributed by atoms with Crippen LogP contribution in [-0.2, 0) is 4.79 Å². The molecule has 0 unspecified atom stereocenters. The summed E-state index contributed by atoms with van der Waals surface area (Å²) in [7, 11) is 0. The van der Waals surface area contributed by atoms with E-state index in [4.69, 9.17) is 0 Å². The Hall–Kier alpha value is -0.750. The summed E-state index contributed by atoms with van der Waals surface area (Å²) < 4.78 is 0. The van der Waals surface area contributed by atoms with Gasteiger partial charge in [-0.15, -0.1) is 0 Å². The highest BCUT2D eigenvalue weighted by Crippen LogP contribution is 2.13. The quantitative estimate of drug-likeness (QED) is 0.681. The Balaban J connectivity index is 1.65. The molecule has 2 aliphatic rings. The van der Waals surface area contributed by atoms with E-state index in [-0.39, 0.29) is 11.9 Å². The average molecular weight is 229 g/mol. The Morgan fingerprint density at radius 1 is 1.53 bits per heavy atom. The van der Waals surface area contributed by atoms with Crippen molar-refractivity contribution in [3.05, 3.63) is 0 Å². The number of nitrogens with zero attached hydrogens (tertiary/aromatic N) is 1. The molecule has 2 rings (SSSR count). The van der Waals surface area contributed by atoms with Gasteiger partial charge >= 0.3 is 6.03 Å². The molecule has 0 saturated carbocycles. The van der Waals surface area contributed by atoms with E-state index in [0.717, 1.165) is 18.8 Å². The van der Waals surface area contributed by atoms with Gasteiger partial charge in [0.25, 0.3) is 0 Å². The van der Waals surface area contributed by atoms with Crippen LogP contribution in [0.2, 0.25) is 0 Å². The third-order valence-electron chi connectivity index (χ3n) is 2.60. The fraction of sp³-hybridized carbons (Fsp3) is 0.778. The van der Waals surface area contributed by atoms with Crippen LogP contribution in [0.25, 0.3) is 0 Å². The zero-order valence-corrected chi connectivity index (χ0v) is 9.31. The minimum atomic E-state index is -0.245. The molecule has 0 bridgehead atoms. The SMILES string of the molecule is O=C(CSCC1CNC1)N1CCNC1=O. The summed E-state index contributed by atoms with van der Waals surface area (Å²) in [5.41, 5.74) is 0. The van der Waals surface area contributed by atoms with Crippen LogP contribution in [0, 0.1) is 5.92 Å². The van der Waals surface area contributed by atoms with Crippen LogP contribution in [0.15, 0.2) is 0 Å². The summed E-state index contributed by atoms with van der Waals surface area (Å²) in [4.78, 5) is 24.0. The Labute approximate surface area is 93.0 Å². The van der Waals surface area contributed by atoms with Gasteiger partial charge in [0.1, 0.15) is 0 Å². The maximum atomic E-state index is 11.6. The van der Waals surface area contributed by atoms with Crippen molar-refractivity contribution in [2.24, 2.45) is 5.92 Å². The van der Waals surface area contributed by atoms with E-state index >= 15 is 0 Å². The maximum absolute atomic E-state index is 11.6. The van der Waals surface area contributed by atoms with E-state index in [1.54, 1.807) is 11.8 Å². The van der Waals surface area contributed by atoms with Crippen molar-refractivity contribution in [3.8, 4) is 0 Å². The first-order valence-electron chi connectivity index (χ1n) is 5.14. The molecule has 3 amide bonds. The molecule has 0 radical (unpaired) electrons. The Bertz CT molecular complexity index is 268. The number of nitrogens with one attached hydrogen (secondary N) is 2. The van der Waals surface area contributed by atoms with E-state index in [0.29, 0.717) is 24.8 Å². The smallest absolute Gasteiger partial charge is 0.324 e. The van der Waals surface area contributed by atoms with Crippen molar-refractivity contribution in [1.82, 2.24) is 15.5 Å². The third-order valence-corrected chi connectivity index (χ3v) is 3.76. The highest BCUT2D eigenvalue weighted by molar-refractivity contribution is 7.99. The number of imide groups is 1. The number of amides is 3. The number of carbonyl (C=O) groups excluding carboxylic acids is 2. The molecule has 0 spiro atoms. The first-order valence-corrected chi connectivity index (χ1v) is 6.29. The van der Waals surface area contributed by atoms with Crippen LogP contribution in [0.1, 0.15) is 0 Å². The van der Waals surface area contributed by atoms with E-state index in [1.165, 1.54) is 4.90 Å². The average Bonchev–Trinajstić information content (AvgIpc) is 2.55. The lowest BCUT2D eigenvalue weighted by Crippen LogP contribution is -2.43. The van der Waals surface area contributed by atoms with E-state index in [2.05, 4.69) is 10.6 Å². The lowest BCUT2D eigenvalue weighted by molar-refractivity contribution is -0.124. The van der Waals surface area contributed by atoms with Crippen LogP contribution in [0.5, 0.6) is 0 Å². The van der Waals surface area contributed by atoms with Gasteiger partial charge in [-0.05, 0) is 24.8 Å². The summed E-state index contributed by atoms with van der Waals surface area (Å²) in [6, 6.07) is -0.245. The zero-order valence-electron chi connectivity index (χ0n) is 8.49. The van der Waals surface area contributed by atoms with Crippen LogP contribution in [0.4, 0.5) is 4.79 Å².